The number of hydrogen-bond donors (Lipinski definition) is 1. The Hall–Kier alpha value is -1.39. The number of nitrogens with zero attached hydrogens (tertiary/aromatic N) is 1. The van der Waals surface area contributed by atoms with E-state index in [0.29, 0.717) is 0 Å². The molecule has 1 saturated heterocycles. The molecule has 108 valence electrons. The summed E-state index contributed by atoms with van der Waals surface area (Å²) in [5.41, 5.74) is 0. The molecule has 3 amide bonds. The van der Waals surface area contributed by atoms with Gasteiger partial charge >= 0.3 is 0 Å². The molecule has 5 nitrogen and oxygen atoms in total. The summed E-state index contributed by atoms with van der Waals surface area (Å²) in [6, 6.07) is 0. The SMILES string of the molecule is CCCCN(CCCC)C(=O)C[C@H]1CC(=O)NC1=O. The Balaban J connectivity index is 2.50. The molecule has 0 aliphatic carbocycles. The standard InChI is InChI=1S/C14H24N2O3/c1-3-5-7-16(8-6-4-2)13(18)10-11-9-12(17)15-14(11)19/h11H,3-10H2,1-2H3,(H,15,17,19)/t11-/m1/s1. The van der Waals surface area contributed by atoms with Gasteiger partial charge in [-0.2, -0.15) is 0 Å². The molecule has 0 aromatic carbocycles. The lowest BCUT2D eigenvalue weighted by Crippen LogP contribution is -2.35. The van der Waals surface area contributed by atoms with E-state index < -0.39 is 5.92 Å². The van der Waals surface area contributed by atoms with Crippen molar-refractivity contribution in [1.82, 2.24) is 10.2 Å². The maximum Gasteiger partial charge on any atom is 0.230 e. The molecule has 0 bridgehead atoms. The first-order chi connectivity index (χ1) is 9.08. The van der Waals surface area contributed by atoms with Crippen LogP contribution in [0.2, 0.25) is 0 Å². The molecule has 0 spiro atoms. The lowest BCUT2D eigenvalue weighted by molar-refractivity contribution is -0.135. The monoisotopic (exact) mass is 268 g/mol. The fraction of sp³-hybridized carbons (Fsp3) is 0.786. The topological polar surface area (TPSA) is 66.5 Å². The minimum atomic E-state index is -0.467. The largest absolute Gasteiger partial charge is 0.343 e. The van der Waals surface area contributed by atoms with E-state index in [9.17, 15) is 14.4 Å². The first kappa shape index (κ1) is 15.7. The van der Waals surface area contributed by atoms with E-state index in [1.807, 2.05) is 4.90 Å². The predicted octanol–water partition coefficient (Wildman–Crippen LogP) is 1.47. The Morgan fingerprint density at radius 3 is 2.21 bits per heavy atom. The zero-order chi connectivity index (χ0) is 14.3. The fourth-order valence-corrected chi connectivity index (χ4v) is 2.17. The van der Waals surface area contributed by atoms with E-state index in [1.165, 1.54) is 0 Å². The third-order valence-electron chi connectivity index (χ3n) is 3.40. The summed E-state index contributed by atoms with van der Waals surface area (Å²) < 4.78 is 0. The van der Waals surface area contributed by atoms with Crippen LogP contribution >= 0.6 is 0 Å². The summed E-state index contributed by atoms with van der Waals surface area (Å²) in [6.07, 6.45) is 4.35. The lowest BCUT2D eigenvalue weighted by atomic mass is 10.0. The number of imide groups is 1. The van der Waals surface area contributed by atoms with Crippen LogP contribution in [0.5, 0.6) is 0 Å². The van der Waals surface area contributed by atoms with Crippen LogP contribution in [0, 0.1) is 5.92 Å². The molecule has 1 fully saturated rings. The Morgan fingerprint density at radius 2 is 1.79 bits per heavy atom. The minimum absolute atomic E-state index is 0.00301. The number of rotatable bonds is 8. The molecular formula is C14H24N2O3. The quantitative estimate of drug-likeness (QED) is 0.678. The third kappa shape index (κ3) is 5.01. The highest BCUT2D eigenvalue weighted by atomic mass is 16.2. The van der Waals surface area contributed by atoms with Crippen LogP contribution in [0.4, 0.5) is 0 Å². The second-order valence-electron chi connectivity index (χ2n) is 5.11. The molecule has 1 atom stereocenters. The number of carbonyl (C=O) groups is 3. The van der Waals surface area contributed by atoms with Gasteiger partial charge in [0.25, 0.3) is 0 Å². The van der Waals surface area contributed by atoms with Crippen LogP contribution in [0.15, 0.2) is 0 Å². The Morgan fingerprint density at radius 1 is 1.21 bits per heavy atom. The van der Waals surface area contributed by atoms with Crippen molar-refractivity contribution < 1.29 is 14.4 Å². The van der Waals surface area contributed by atoms with Gasteiger partial charge < -0.3 is 4.90 Å². The summed E-state index contributed by atoms with van der Waals surface area (Å²) in [4.78, 5) is 36.6. The van der Waals surface area contributed by atoms with Gasteiger partial charge in [0.1, 0.15) is 0 Å². The second kappa shape index (κ2) is 7.92. The summed E-state index contributed by atoms with van der Waals surface area (Å²) in [5, 5.41) is 2.25. The van der Waals surface area contributed by atoms with Gasteiger partial charge in [-0.1, -0.05) is 26.7 Å². The first-order valence-corrected chi connectivity index (χ1v) is 7.19. The van der Waals surface area contributed by atoms with Crippen LogP contribution < -0.4 is 5.32 Å². The number of unbranched alkanes of at least 4 members (excludes halogenated alkanes) is 2. The normalized spacial score (nSPS) is 18.5. The lowest BCUT2D eigenvalue weighted by Gasteiger charge is -2.23. The molecule has 0 saturated carbocycles. The Labute approximate surface area is 114 Å². The Bertz CT molecular complexity index is 334. The smallest absolute Gasteiger partial charge is 0.230 e. The maximum atomic E-state index is 12.2. The molecule has 1 rings (SSSR count). The van der Waals surface area contributed by atoms with Crippen molar-refractivity contribution >= 4 is 17.7 Å². The molecule has 1 heterocycles. The van der Waals surface area contributed by atoms with Crippen molar-refractivity contribution in [1.29, 1.82) is 0 Å². The van der Waals surface area contributed by atoms with E-state index in [-0.39, 0.29) is 30.6 Å². The van der Waals surface area contributed by atoms with Crippen LogP contribution in [-0.4, -0.2) is 35.7 Å². The van der Waals surface area contributed by atoms with Crippen molar-refractivity contribution in [2.45, 2.75) is 52.4 Å². The van der Waals surface area contributed by atoms with Gasteiger partial charge in [0.15, 0.2) is 0 Å². The highest BCUT2D eigenvalue weighted by molar-refractivity contribution is 6.04. The molecule has 0 unspecified atom stereocenters. The first-order valence-electron chi connectivity index (χ1n) is 7.19. The number of hydrogen-bond acceptors (Lipinski definition) is 3. The third-order valence-corrected chi connectivity index (χ3v) is 3.40. The van der Waals surface area contributed by atoms with E-state index in [1.54, 1.807) is 0 Å². The van der Waals surface area contributed by atoms with Crippen molar-refractivity contribution in [2.24, 2.45) is 5.92 Å². The second-order valence-corrected chi connectivity index (χ2v) is 5.11. The van der Waals surface area contributed by atoms with Gasteiger partial charge in [-0.05, 0) is 12.8 Å². The number of nitrogens with one attached hydrogen (secondary N) is 1. The van der Waals surface area contributed by atoms with Gasteiger partial charge in [-0.15, -0.1) is 0 Å². The van der Waals surface area contributed by atoms with E-state index >= 15 is 0 Å². The average molecular weight is 268 g/mol. The van der Waals surface area contributed by atoms with Crippen molar-refractivity contribution in [2.75, 3.05) is 13.1 Å². The summed E-state index contributed by atoms with van der Waals surface area (Å²) in [6.45, 7) is 5.67. The predicted molar refractivity (Wildman–Crippen MR) is 72.3 cm³/mol. The molecule has 0 aromatic heterocycles. The highest BCUT2D eigenvalue weighted by Gasteiger charge is 2.33. The van der Waals surface area contributed by atoms with Crippen molar-refractivity contribution in [3.05, 3.63) is 0 Å². The summed E-state index contributed by atoms with van der Waals surface area (Å²) in [7, 11) is 0. The van der Waals surface area contributed by atoms with Gasteiger partial charge in [-0.3, -0.25) is 19.7 Å². The van der Waals surface area contributed by atoms with Gasteiger partial charge in [0.2, 0.25) is 17.7 Å². The minimum Gasteiger partial charge on any atom is -0.343 e. The van der Waals surface area contributed by atoms with Gasteiger partial charge in [0.05, 0.1) is 5.92 Å². The van der Waals surface area contributed by atoms with Gasteiger partial charge in [0, 0.05) is 25.9 Å². The average Bonchev–Trinajstić information content (AvgIpc) is 2.68. The van der Waals surface area contributed by atoms with Crippen LogP contribution in [-0.2, 0) is 14.4 Å². The molecule has 0 radical (unpaired) electrons. The van der Waals surface area contributed by atoms with Crippen molar-refractivity contribution in [3.8, 4) is 0 Å². The molecular weight excluding hydrogens is 244 g/mol. The number of amides is 3. The fourth-order valence-electron chi connectivity index (χ4n) is 2.17. The Kier molecular flexibility index (Phi) is 6.53. The number of carbonyl (C=O) groups excluding carboxylic acids is 3. The van der Waals surface area contributed by atoms with Crippen molar-refractivity contribution in [3.63, 3.8) is 0 Å². The summed E-state index contributed by atoms with van der Waals surface area (Å²) >= 11 is 0. The van der Waals surface area contributed by atoms with E-state index in [2.05, 4.69) is 19.2 Å². The molecule has 1 aliphatic heterocycles. The highest BCUT2D eigenvalue weighted by Crippen LogP contribution is 2.17. The van der Waals surface area contributed by atoms with E-state index in [0.717, 1.165) is 38.8 Å². The molecule has 0 aromatic rings. The van der Waals surface area contributed by atoms with Crippen LogP contribution in [0.1, 0.15) is 52.4 Å². The summed E-state index contributed by atoms with van der Waals surface area (Å²) in [5.74, 6) is -1.04. The molecule has 5 heteroatoms. The zero-order valence-electron chi connectivity index (χ0n) is 11.9. The molecule has 1 N–H and O–H groups in total. The van der Waals surface area contributed by atoms with E-state index in [4.69, 9.17) is 0 Å². The van der Waals surface area contributed by atoms with Crippen LogP contribution in [0.3, 0.4) is 0 Å². The van der Waals surface area contributed by atoms with Crippen LogP contribution in [0.25, 0.3) is 0 Å². The zero-order valence-corrected chi connectivity index (χ0v) is 11.9. The molecule has 1 aliphatic rings. The maximum absolute atomic E-state index is 12.2. The molecule has 19 heavy (non-hydrogen) atoms. The van der Waals surface area contributed by atoms with Gasteiger partial charge in [-0.25, -0.2) is 0 Å².